The van der Waals surface area contributed by atoms with E-state index >= 15 is 0 Å². The van der Waals surface area contributed by atoms with Crippen LogP contribution in [-0.2, 0) is 6.42 Å². The minimum absolute atomic E-state index is 0. The molecule has 1 heterocycles. The summed E-state index contributed by atoms with van der Waals surface area (Å²) in [6.07, 6.45) is 5.62. The molecule has 1 fully saturated rings. The number of fused-ring (bicyclic) bond motifs is 1. The van der Waals surface area contributed by atoms with Crippen molar-refractivity contribution in [2.24, 2.45) is 0 Å². The molecule has 0 aromatic heterocycles. The van der Waals surface area contributed by atoms with Crippen molar-refractivity contribution in [3.8, 4) is 11.5 Å². The van der Waals surface area contributed by atoms with Crippen molar-refractivity contribution >= 4 is 23.2 Å². The van der Waals surface area contributed by atoms with Gasteiger partial charge in [0.05, 0.1) is 6.10 Å². The van der Waals surface area contributed by atoms with Crippen LogP contribution in [0, 0.1) is 0 Å². The van der Waals surface area contributed by atoms with E-state index in [1.807, 2.05) is 6.07 Å². The second-order valence-corrected chi connectivity index (χ2v) is 8.85. The zero-order valence-corrected chi connectivity index (χ0v) is 20.4. The Balaban J connectivity index is 0.00000306. The Labute approximate surface area is 203 Å². The van der Waals surface area contributed by atoms with Crippen molar-refractivity contribution in [3.05, 3.63) is 71.8 Å². The van der Waals surface area contributed by atoms with E-state index in [2.05, 4.69) is 59.5 Å². The number of nitrogens with zero attached hydrogens (tertiary/aromatic N) is 1. The molecule has 178 valence electrons. The lowest BCUT2D eigenvalue weighted by Crippen LogP contribution is -2.29. The second-order valence-electron chi connectivity index (χ2n) is 8.85. The number of halogens is 1. The number of hydrogen-bond donors (Lipinski definition) is 1. The van der Waals surface area contributed by atoms with Crippen LogP contribution in [0.4, 0.5) is 0 Å². The molecule has 33 heavy (non-hydrogen) atoms. The van der Waals surface area contributed by atoms with Crippen LogP contribution in [-0.4, -0.2) is 49.0 Å². The molecule has 0 aliphatic carbocycles. The van der Waals surface area contributed by atoms with Gasteiger partial charge in [0.1, 0.15) is 24.7 Å². The Morgan fingerprint density at radius 2 is 1.61 bits per heavy atom. The quantitative estimate of drug-likeness (QED) is 0.425. The minimum atomic E-state index is -0.500. The highest BCUT2D eigenvalue weighted by Crippen LogP contribution is 2.31. The molecule has 0 bridgehead atoms. The molecule has 3 aromatic carbocycles. The van der Waals surface area contributed by atoms with Gasteiger partial charge >= 0.3 is 0 Å². The van der Waals surface area contributed by atoms with Gasteiger partial charge in [-0.15, -0.1) is 12.4 Å². The van der Waals surface area contributed by atoms with Gasteiger partial charge < -0.3 is 14.6 Å². The number of aliphatic hydroxyl groups is 1. The number of ether oxygens (including phenoxy) is 2. The first-order valence-corrected chi connectivity index (χ1v) is 11.9. The van der Waals surface area contributed by atoms with Gasteiger partial charge in [0.25, 0.3) is 0 Å². The fraction of sp³-hybridized carbons (Fsp3) is 0.429. The zero-order chi connectivity index (χ0) is 22.2. The third-order valence-electron chi connectivity index (χ3n) is 6.16. The summed E-state index contributed by atoms with van der Waals surface area (Å²) in [5.74, 6) is 1.76. The van der Waals surface area contributed by atoms with Gasteiger partial charge in [-0.3, -0.25) is 4.90 Å². The highest BCUT2D eigenvalue weighted by atomic mass is 35.5. The lowest BCUT2D eigenvalue weighted by molar-refractivity contribution is 0.122. The first-order valence-electron chi connectivity index (χ1n) is 11.9. The predicted octanol–water partition coefficient (Wildman–Crippen LogP) is 5.87. The average molecular weight is 470 g/mol. The summed E-state index contributed by atoms with van der Waals surface area (Å²) >= 11 is 0. The first-order chi connectivity index (χ1) is 15.7. The highest BCUT2D eigenvalue weighted by Gasteiger charge is 2.12. The smallest absolute Gasteiger partial charge is 0.123 e. The van der Waals surface area contributed by atoms with E-state index in [1.54, 1.807) is 6.92 Å². The Kier molecular flexibility index (Phi) is 9.86. The molecule has 1 N–H and O–H groups in total. The standard InChI is InChI=1S/C28H35NO3.ClH/c1-22(30)21-32-28-15-12-24-8-4-5-9-26(24)27(28)20-23-10-13-25(14-11-23)31-19-18-29-16-6-2-3-7-17-29;/h4-5,8-15,22,30H,2-3,6-7,16-21H2,1H3;1H. The predicted molar refractivity (Wildman–Crippen MR) is 138 cm³/mol. The molecule has 0 spiro atoms. The maximum atomic E-state index is 9.66. The summed E-state index contributed by atoms with van der Waals surface area (Å²) < 4.78 is 12.0. The Bertz CT molecular complexity index is 982. The third-order valence-corrected chi connectivity index (χ3v) is 6.16. The van der Waals surface area contributed by atoms with Crippen molar-refractivity contribution < 1.29 is 14.6 Å². The van der Waals surface area contributed by atoms with E-state index < -0.39 is 6.10 Å². The van der Waals surface area contributed by atoms with Crippen LogP contribution in [0.15, 0.2) is 60.7 Å². The Hall–Kier alpha value is -2.27. The van der Waals surface area contributed by atoms with E-state index in [0.29, 0.717) is 0 Å². The molecule has 4 rings (SSSR count). The van der Waals surface area contributed by atoms with Crippen molar-refractivity contribution in [3.63, 3.8) is 0 Å². The van der Waals surface area contributed by atoms with Gasteiger partial charge in [0.2, 0.25) is 0 Å². The van der Waals surface area contributed by atoms with Gasteiger partial charge in [-0.05, 0) is 67.4 Å². The second kappa shape index (κ2) is 12.8. The lowest BCUT2D eigenvalue weighted by atomic mass is 9.97. The maximum Gasteiger partial charge on any atom is 0.123 e. The van der Waals surface area contributed by atoms with Crippen LogP contribution in [0.2, 0.25) is 0 Å². The molecule has 0 amide bonds. The number of aliphatic hydroxyl groups excluding tert-OH is 1. The van der Waals surface area contributed by atoms with Crippen LogP contribution in [0.5, 0.6) is 11.5 Å². The summed E-state index contributed by atoms with van der Waals surface area (Å²) in [5.41, 5.74) is 2.36. The van der Waals surface area contributed by atoms with Gasteiger partial charge in [-0.2, -0.15) is 0 Å². The first kappa shape index (κ1) is 25.4. The van der Waals surface area contributed by atoms with E-state index in [-0.39, 0.29) is 19.0 Å². The largest absolute Gasteiger partial charge is 0.492 e. The van der Waals surface area contributed by atoms with Crippen molar-refractivity contribution in [2.75, 3.05) is 32.8 Å². The highest BCUT2D eigenvalue weighted by molar-refractivity contribution is 5.88. The van der Waals surface area contributed by atoms with Crippen LogP contribution in [0.3, 0.4) is 0 Å². The fourth-order valence-electron chi connectivity index (χ4n) is 4.40. The van der Waals surface area contributed by atoms with E-state index in [9.17, 15) is 5.11 Å². The zero-order valence-electron chi connectivity index (χ0n) is 19.5. The Morgan fingerprint density at radius 1 is 0.879 bits per heavy atom. The summed E-state index contributed by atoms with van der Waals surface area (Å²) in [4.78, 5) is 2.52. The molecule has 1 unspecified atom stereocenters. The lowest BCUT2D eigenvalue weighted by Gasteiger charge is -2.19. The molecular formula is C28H36ClNO3. The van der Waals surface area contributed by atoms with E-state index in [1.165, 1.54) is 55.1 Å². The van der Waals surface area contributed by atoms with Crippen LogP contribution in [0.25, 0.3) is 10.8 Å². The van der Waals surface area contributed by atoms with Crippen molar-refractivity contribution in [1.29, 1.82) is 0 Å². The number of rotatable bonds is 9. The monoisotopic (exact) mass is 469 g/mol. The van der Waals surface area contributed by atoms with E-state index in [0.717, 1.165) is 36.6 Å². The molecule has 1 aliphatic rings. The molecule has 1 aliphatic heterocycles. The number of likely N-dealkylation sites (tertiary alicyclic amines) is 1. The number of benzene rings is 3. The molecule has 3 aromatic rings. The topological polar surface area (TPSA) is 41.9 Å². The summed E-state index contributed by atoms with van der Waals surface area (Å²) in [6.45, 7) is 6.17. The molecule has 0 radical (unpaired) electrons. The molecule has 4 nitrogen and oxygen atoms in total. The van der Waals surface area contributed by atoms with E-state index in [4.69, 9.17) is 9.47 Å². The maximum absolute atomic E-state index is 9.66. The molecular weight excluding hydrogens is 434 g/mol. The SMILES string of the molecule is CC(O)COc1ccc2ccccc2c1Cc1ccc(OCCN2CCCCCC2)cc1.Cl. The third kappa shape index (κ3) is 7.36. The summed E-state index contributed by atoms with van der Waals surface area (Å²) in [5, 5.41) is 12.0. The summed E-state index contributed by atoms with van der Waals surface area (Å²) in [6, 6.07) is 20.9. The number of hydrogen-bond acceptors (Lipinski definition) is 4. The van der Waals surface area contributed by atoms with Crippen molar-refractivity contribution in [1.82, 2.24) is 4.90 Å². The van der Waals surface area contributed by atoms with Crippen LogP contribution in [0.1, 0.15) is 43.7 Å². The molecule has 1 atom stereocenters. The average Bonchev–Trinajstić information content (AvgIpc) is 3.08. The fourth-order valence-corrected chi connectivity index (χ4v) is 4.40. The molecule has 1 saturated heterocycles. The van der Waals surface area contributed by atoms with Crippen molar-refractivity contribution in [2.45, 2.75) is 45.1 Å². The summed E-state index contributed by atoms with van der Waals surface area (Å²) in [7, 11) is 0. The van der Waals surface area contributed by atoms with Gasteiger partial charge in [-0.25, -0.2) is 0 Å². The van der Waals surface area contributed by atoms with Crippen LogP contribution < -0.4 is 9.47 Å². The molecule has 0 saturated carbocycles. The Morgan fingerprint density at radius 3 is 2.33 bits per heavy atom. The normalized spacial score (nSPS) is 15.5. The van der Waals surface area contributed by atoms with Gasteiger partial charge in [-0.1, -0.05) is 55.3 Å². The van der Waals surface area contributed by atoms with Gasteiger partial charge in [0.15, 0.2) is 0 Å². The minimum Gasteiger partial charge on any atom is -0.492 e. The van der Waals surface area contributed by atoms with Gasteiger partial charge in [0, 0.05) is 18.5 Å². The van der Waals surface area contributed by atoms with Crippen LogP contribution >= 0.6 is 12.4 Å². The molecule has 5 heteroatoms.